The number of aliphatic hydroxyl groups excluding tert-OH is 1. The SMILES string of the molecule is OC[C@H]1[C@H](c2ccc(-c3cccnc3)cc2)[C@H]2CN(Cc3ccccn3)CCCCN21. The minimum atomic E-state index is 0.212. The van der Waals surface area contributed by atoms with E-state index in [-0.39, 0.29) is 12.6 Å². The second-order valence-corrected chi connectivity index (χ2v) is 8.71. The minimum absolute atomic E-state index is 0.212. The van der Waals surface area contributed by atoms with E-state index >= 15 is 0 Å². The number of hydrogen-bond donors (Lipinski definition) is 1. The molecule has 3 aromatic rings. The fourth-order valence-corrected chi connectivity index (χ4v) is 5.31. The van der Waals surface area contributed by atoms with Crippen LogP contribution in [0.25, 0.3) is 11.1 Å². The molecule has 5 nitrogen and oxygen atoms in total. The molecule has 5 heteroatoms. The summed E-state index contributed by atoms with van der Waals surface area (Å²) < 4.78 is 0. The highest BCUT2D eigenvalue weighted by atomic mass is 16.3. The van der Waals surface area contributed by atoms with Crippen LogP contribution in [0.5, 0.6) is 0 Å². The second kappa shape index (κ2) is 9.27. The first-order valence-corrected chi connectivity index (χ1v) is 11.3. The summed E-state index contributed by atoms with van der Waals surface area (Å²) >= 11 is 0. The monoisotopic (exact) mass is 414 g/mol. The largest absolute Gasteiger partial charge is 0.395 e. The van der Waals surface area contributed by atoms with Gasteiger partial charge in [-0.3, -0.25) is 19.8 Å². The molecule has 5 rings (SSSR count). The average Bonchev–Trinajstić information content (AvgIpc) is 2.81. The second-order valence-electron chi connectivity index (χ2n) is 8.71. The van der Waals surface area contributed by atoms with Crippen molar-refractivity contribution in [3.8, 4) is 11.1 Å². The van der Waals surface area contributed by atoms with E-state index in [1.54, 1.807) is 6.20 Å². The van der Waals surface area contributed by atoms with Crippen molar-refractivity contribution in [2.45, 2.75) is 37.4 Å². The average molecular weight is 415 g/mol. The number of pyridine rings is 2. The Hall–Kier alpha value is -2.60. The van der Waals surface area contributed by atoms with Crippen molar-refractivity contribution in [2.24, 2.45) is 0 Å². The lowest BCUT2D eigenvalue weighted by molar-refractivity contribution is -0.0656. The first-order chi connectivity index (χ1) is 15.3. The van der Waals surface area contributed by atoms with Gasteiger partial charge >= 0.3 is 0 Å². The zero-order valence-electron chi connectivity index (χ0n) is 17.8. The molecular formula is C26H30N4O. The van der Waals surface area contributed by atoms with Crippen molar-refractivity contribution in [3.63, 3.8) is 0 Å². The minimum Gasteiger partial charge on any atom is -0.395 e. The van der Waals surface area contributed by atoms with E-state index in [0.717, 1.165) is 37.4 Å². The maximum atomic E-state index is 10.2. The molecule has 31 heavy (non-hydrogen) atoms. The van der Waals surface area contributed by atoms with Crippen LogP contribution in [-0.4, -0.2) is 63.2 Å². The van der Waals surface area contributed by atoms with Crippen LogP contribution >= 0.6 is 0 Å². The van der Waals surface area contributed by atoms with Crippen molar-refractivity contribution in [1.82, 2.24) is 19.8 Å². The molecule has 2 saturated heterocycles. The third-order valence-corrected chi connectivity index (χ3v) is 6.86. The van der Waals surface area contributed by atoms with Crippen LogP contribution in [0.3, 0.4) is 0 Å². The van der Waals surface area contributed by atoms with Crippen LogP contribution in [0.15, 0.2) is 73.2 Å². The van der Waals surface area contributed by atoms with Crippen molar-refractivity contribution >= 4 is 0 Å². The van der Waals surface area contributed by atoms with Gasteiger partial charge in [0.2, 0.25) is 0 Å². The Morgan fingerprint density at radius 1 is 0.903 bits per heavy atom. The molecule has 160 valence electrons. The summed E-state index contributed by atoms with van der Waals surface area (Å²) in [5.41, 5.74) is 4.77. The van der Waals surface area contributed by atoms with E-state index in [0.29, 0.717) is 12.0 Å². The normalized spacial score (nSPS) is 24.6. The first kappa shape index (κ1) is 20.3. The molecule has 2 aliphatic heterocycles. The number of rotatable bonds is 5. The van der Waals surface area contributed by atoms with Gasteiger partial charge in [-0.1, -0.05) is 36.4 Å². The lowest BCUT2D eigenvalue weighted by atomic mass is 9.74. The molecule has 0 aliphatic carbocycles. The number of fused-ring (bicyclic) bond motifs is 1. The highest BCUT2D eigenvalue weighted by molar-refractivity contribution is 5.62. The summed E-state index contributed by atoms with van der Waals surface area (Å²) in [4.78, 5) is 13.8. The van der Waals surface area contributed by atoms with Gasteiger partial charge in [-0.05, 0) is 60.8 Å². The Kier molecular flexibility index (Phi) is 6.07. The highest BCUT2D eigenvalue weighted by Gasteiger charge is 2.49. The Labute approximate surface area is 184 Å². The summed E-state index contributed by atoms with van der Waals surface area (Å²) in [5, 5.41) is 10.2. The third-order valence-electron chi connectivity index (χ3n) is 6.86. The highest BCUT2D eigenvalue weighted by Crippen LogP contribution is 2.42. The lowest BCUT2D eigenvalue weighted by Crippen LogP contribution is -2.67. The zero-order chi connectivity index (χ0) is 21.0. The van der Waals surface area contributed by atoms with Crippen LogP contribution < -0.4 is 0 Å². The Balaban J connectivity index is 1.36. The molecular weight excluding hydrogens is 384 g/mol. The van der Waals surface area contributed by atoms with Crippen LogP contribution in [0.4, 0.5) is 0 Å². The van der Waals surface area contributed by atoms with Crippen molar-refractivity contribution in [1.29, 1.82) is 0 Å². The molecule has 4 heterocycles. The van der Waals surface area contributed by atoms with Gasteiger partial charge in [0.05, 0.1) is 12.3 Å². The summed E-state index contributed by atoms with van der Waals surface area (Å²) in [5.74, 6) is 0.359. The van der Waals surface area contributed by atoms with Gasteiger partial charge < -0.3 is 5.11 Å². The number of benzene rings is 1. The van der Waals surface area contributed by atoms with Gasteiger partial charge in [-0.2, -0.15) is 0 Å². The molecule has 2 aromatic heterocycles. The summed E-state index contributed by atoms with van der Waals surface area (Å²) in [6.07, 6.45) is 7.96. The number of aromatic nitrogens is 2. The van der Waals surface area contributed by atoms with Gasteiger partial charge in [0.15, 0.2) is 0 Å². The van der Waals surface area contributed by atoms with Crippen molar-refractivity contribution < 1.29 is 5.11 Å². The van der Waals surface area contributed by atoms with E-state index in [2.05, 4.69) is 62.2 Å². The van der Waals surface area contributed by atoms with Crippen molar-refractivity contribution in [2.75, 3.05) is 26.2 Å². The fraction of sp³-hybridized carbons (Fsp3) is 0.385. The molecule has 0 saturated carbocycles. The van der Waals surface area contributed by atoms with Gasteiger partial charge in [0, 0.05) is 49.7 Å². The predicted octanol–water partition coefficient (Wildman–Crippen LogP) is 3.57. The fourth-order valence-electron chi connectivity index (χ4n) is 5.31. The number of nitrogens with zero attached hydrogens (tertiary/aromatic N) is 4. The standard InChI is InChI=1S/C26H30N4O/c31-19-25-26(21-10-8-20(9-11-21)22-6-5-12-27-16-22)24-18-29(14-3-4-15-30(24)25)17-23-7-1-2-13-28-23/h1-2,5-13,16,24-26,31H,3-4,14-15,17-19H2/t24-,25+,26-/m1/s1. The first-order valence-electron chi connectivity index (χ1n) is 11.3. The summed E-state index contributed by atoms with van der Waals surface area (Å²) in [7, 11) is 0. The maximum absolute atomic E-state index is 10.2. The van der Waals surface area contributed by atoms with E-state index in [1.165, 1.54) is 24.0 Å². The smallest absolute Gasteiger partial charge is 0.0593 e. The van der Waals surface area contributed by atoms with Gasteiger partial charge in [0.1, 0.15) is 0 Å². The maximum Gasteiger partial charge on any atom is 0.0593 e. The zero-order valence-corrected chi connectivity index (χ0v) is 17.8. The van der Waals surface area contributed by atoms with Gasteiger partial charge in [-0.25, -0.2) is 0 Å². The molecule has 1 aromatic carbocycles. The Bertz CT molecular complexity index is 964. The third kappa shape index (κ3) is 4.26. The van der Waals surface area contributed by atoms with E-state index in [9.17, 15) is 5.11 Å². The molecule has 0 radical (unpaired) electrons. The summed E-state index contributed by atoms with van der Waals surface area (Å²) in [6.45, 7) is 4.31. The Morgan fingerprint density at radius 3 is 2.52 bits per heavy atom. The quantitative estimate of drug-likeness (QED) is 0.692. The van der Waals surface area contributed by atoms with Crippen LogP contribution in [0, 0.1) is 0 Å². The molecule has 2 fully saturated rings. The Morgan fingerprint density at radius 2 is 1.77 bits per heavy atom. The molecule has 0 unspecified atom stereocenters. The molecule has 0 bridgehead atoms. The van der Waals surface area contributed by atoms with E-state index in [4.69, 9.17) is 0 Å². The molecule has 0 amide bonds. The molecule has 0 spiro atoms. The summed E-state index contributed by atoms with van der Waals surface area (Å²) in [6, 6.07) is 19.7. The van der Waals surface area contributed by atoms with Gasteiger partial charge in [-0.15, -0.1) is 0 Å². The van der Waals surface area contributed by atoms with Crippen LogP contribution in [0.1, 0.15) is 30.0 Å². The number of hydrogen-bond acceptors (Lipinski definition) is 5. The van der Waals surface area contributed by atoms with E-state index < -0.39 is 0 Å². The topological polar surface area (TPSA) is 52.5 Å². The van der Waals surface area contributed by atoms with Crippen molar-refractivity contribution in [3.05, 3.63) is 84.4 Å². The predicted molar refractivity (Wildman–Crippen MR) is 123 cm³/mol. The molecule has 3 atom stereocenters. The van der Waals surface area contributed by atoms with Crippen LogP contribution in [0.2, 0.25) is 0 Å². The number of aliphatic hydroxyl groups is 1. The van der Waals surface area contributed by atoms with Gasteiger partial charge in [0.25, 0.3) is 0 Å². The molecule has 2 aliphatic rings. The lowest BCUT2D eigenvalue weighted by Gasteiger charge is -2.57. The molecule has 1 N–H and O–H groups in total. The van der Waals surface area contributed by atoms with Crippen LogP contribution in [-0.2, 0) is 6.54 Å². The van der Waals surface area contributed by atoms with E-state index in [1.807, 2.05) is 24.5 Å².